The zero-order valence-corrected chi connectivity index (χ0v) is 14.6. The number of aromatic nitrogens is 4. The maximum atomic E-state index is 6.02. The maximum Gasteiger partial charge on any atom is 0.178 e. The molecule has 0 amide bonds. The lowest BCUT2D eigenvalue weighted by Gasteiger charge is -2.34. The second-order valence-electron chi connectivity index (χ2n) is 7.17. The van der Waals surface area contributed by atoms with E-state index in [0.717, 1.165) is 36.7 Å². The molecule has 1 saturated carbocycles. The molecule has 2 unspecified atom stereocenters. The zero-order valence-electron chi connectivity index (χ0n) is 14.6. The van der Waals surface area contributed by atoms with Gasteiger partial charge in [-0.15, -0.1) is 15.3 Å². The summed E-state index contributed by atoms with van der Waals surface area (Å²) in [7, 11) is 0. The van der Waals surface area contributed by atoms with Gasteiger partial charge in [0, 0.05) is 18.6 Å². The van der Waals surface area contributed by atoms with E-state index in [1.807, 2.05) is 16.6 Å². The quantitative estimate of drug-likeness (QED) is 0.880. The van der Waals surface area contributed by atoms with Gasteiger partial charge in [0.05, 0.1) is 6.10 Å². The molecular weight excluding hydrogens is 302 g/mol. The van der Waals surface area contributed by atoms with Crippen LogP contribution in [0, 0.1) is 5.92 Å². The Balaban J connectivity index is 1.48. The van der Waals surface area contributed by atoms with Gasteiger partial charge in [-0.05, 0) is 43.7 Å². The second kappa shape index (κ2) is 6.67. The summed E-state index contributed by atoms with van der Waals surface area (Å²) < 4.78 is 7.94. The normalized spacial score (nSPS) is 24.6. The number of nitrogens with one attached hydrogen (secondary N) is 1. The van der Waals surface area contributed by atoms with Gasteiger partial charge in [0.1, 0.15) is 5.82 Å². The highest BCUT2D eigenvalue weighted by Crippen LogP contribution is 2.38. The van der Waals surface area contributed by atoms with Crippen molar-refractivity contribution >= 4 is 11.5 Å². The van der Waals surface area contributed by atoms with Gasteiger partial charge in [-0.25, -0.2) is 0 Å². The van der Waals surface area contributed by atoms with Crippen molar-refractivity contribution in [1.82, 2.24) is 19.8 Å². The Hall–Kier alpha value is -1.69. The molecule has 0 spiro atoms. The summed E-state index contributed by atoms with van der Waals surface area (Å²) in [6.07, 6.45) is 7.24. The third-order valence-corrected chi connectivity index (χ3v) is 5.47. The first-order chi connectivity index (χ1) is 11.8. The largest absolute Gasteiger partial charge is 0.378 e. The van der Waals surface area contributed by atoms with E-state index in [4.69, 9.17) is 9.84 Å². The van der Waals surface area contributed by atoms with Crippen LogP contribution < -0.4 is 5.32 Å². The average Bonchev–Trinajstić information content (AvgIpc) is 3.36. The zero-order chi connectivity index (χ0) is 16.5. The molecule has 4 rings (SSSR count). The van der Waals surface area contributed by atoms with E-state index in [1.165, 1.54) is 25.7 Å². The van der Waals surface area contributed by atoms with Crippen LogP contribution >= 0.6 is 0 Å². The lowest BCUT2D eigenvalue weighted by atomic mass is 9.89. The Bertz CT molecular complexity index is 692. The molecule has 2 fully saturated rings. The third-order valence-electron chi connectivity index (χ3n) is 5.47. The van der Waals surface area contributed by atoms with Crippen molar-refractivity contribution < 1.29 is 4.74 Å². The van der Waals surface area contributed by atoms with Gasteiger partial charge in [0.15, 0.2) is 11.5 Å². The monoisotopic (exact) mass is 329 g/mol. The Morgan fingerprint density at radius 3 is 2.79 bits per heavy atom. The molecule has 1 aliphatic carbocycles. The first kappa shape index (κ1) is 15.8. The maximum absolute atomic E-state index is 6.02. The summed E-state index contributed by atoms with van der Waals surface area (Å²) in [5.41, 5.74) is 0.837. The third kappa shape index (κ3) is 3.11. The Kier molecular flexibility index (Phi) is 4.39. The number of rotatable bonds is 6. The van der Waals surface area contributed by atoms with E-state index in [1.54, 1.807) is 0 Å². The van der Waals surface area contributed by atoms with Crippen LogP contribution in [0.2, 0.25) is 0 Å². The van der Waals surface area contributed by atoms with Crippen molar-refractivity contribution in [3.05, 3.63) is 18.0 Å². The van der Waals surface area contributed by atoms with Crippen LogP contribution in [0.1, 0.15) is 64.1 Å². The molecule has 0 radical (unpaired) electrons. The van der Waals surface area contributed by atoms with Crippen LogP contribution in [0.3, 0.4) is 0 Å². The summed E-state index contributed by atoms with van der Waals surface area (Å²) in [6.45, 7) is 5.35. The lowest BCUT2D eigenvalue weighted by Crippen LogP contribution is -2.38. The highest BCUT2D eigenvalue weighted by Gasteiger charge is 2.30. The first-order valence-electron chi connectivity index (χ1n) is 9.39. The second-order valence-corrected chi connectivity index (χ2v) is 7.17. The van der Waals surface area contributed by atoms with Gasteiger partial charge >= 0.3 is 0 Å². The number of hydrogen-bond acceptors (Lipinski definition) is 5. The molecule has 0 bridgehead atoms. The molecule has 6 nitrogen and oxygen atoms in total. The summed E-state index contributed by atoms with van der Waals surface area (Å²) in [5.74, 6) is 3.13. The SMILES string of the molecule is CCC(CC)C1CC(Nc2ccc3nnc(C4CC4)n3n2)CCO1. The molecule has 130 valence electrons. The van der Waals surface area contributed by atoms with Crippen LogP contribution in [-0.4, -0.2) is 38.6 Å². The standard InChI is InChI=1S/C18H27N5O/c1-3-12(4-2)15-11-14(9-10-24-15)19-16-7-8-17-20-21-18(13-5-6-13)23(17)22-16/h7-8,12-15H,3-6,9-11H2,1-2H3,(H,19,22). The molecule has 1 saturated heterocycles. The van der Waals surface area contributed by atoms with Crippen molar-refractivity contribution in [1.29, 1.82) is 0 Å². The number of ether oxygens (including phenoxy) is 1. The van der Waals surface area contributed by atoms with Crippen molar-refractivity contribution in [3.63, 3.8) is 0 Å². The Morgan fingerprint density at radius 1 is 1.21 bits per heavy atom. The van der Waals surface area contributed by atoms with Gasteiger partial charge in [0.2, 0.25) is 0 Å². The van der Waals surface area contributed by atoms with E-state index in [9.17, 15) is 0 Å². The fourth-order valence-electron chi connectivity index (χ4n) is 3.79. The summed E-state index contributed by atoms with van der Waals surface area (Å²) >= 11 is 0. The van der Waals surface area contributed by atoms with Crippen LogP contribution in [0.25, 0.3) is 5.65 Å². The van der Waals surface area contributed by atoms with Crippen molar-refractivity contribution in [2.24, 2.45) is 5.92 Å². The van der Waals surface area contributed by atoms with Gasteiger partial charge < -0.3 is 10.1 Å². The fraction of sp³-hybridized carbons (Fsp3) is 0.722. The molecule has 3 heterocycles. The van der Waals surface area contributed by atoms with Crippen molar-refractivity contribution in [2.75, 3.05) is 11.9 Å². The van der Waals surface area contributed by atoms with Crippen LogP contribution in [0.15, 0.2) is 12.1 Å². The van der Waals surface area contributed by atoms with E-state index in [0.29, 0.717) is 24.0 Å². The summed E-state index contributed by atoms with van der Waals surface area (Å²) in [4.78, 5) is 0. The lowest BCUT2D eigenvalue weighted by molar-refractivity contribution is -0.0271. The molecule has 1 aliphatic heterocycles. The first-order valence-corrected chi connectivity index (χ1v) is 9.39. The van der Waals surface area contributed by atoms with Crippen LogP contribution in [-0.2, 0) is 4.74 Å². The highest BCUT2D eigenvalue weighted by molar-refractivity contribution is 5.45. The van der Waals surface area contributed by atoms with Gasteiger partial charge in [-0.2, -0.15) is 4.52 Å². The minimum Gasteiger partial charge on any atom is -0.378 e. The van der Waals surface area contributed by atoms with Crippen LogP contribution in [0.4, 0.5) is 5.82 Å². The molecule has 1 N–H and O–H groups in total. The van der Waals surface area contributed by atoms with Crippen molar-refractivity contribution in [2.45, 2.75) is 70.4 Å². The topological polar surface area (TPSA) is 64.3 Å². The van der Waals surface area contributed by atoms with Crippen LogP contribution in [0.5, 0.6) is 0 Å². The predicted octanol–water partition coefficient (Wildman–Crippen LogP) is 3.40. The molecule has 2 aromatic heterocycles. The summed E-state index contributed by atoms with van der Waals surface area (Å²) in [6, 6.07) is 4.45. The fourth-order valence-corrected chi connectivity index (χ4v) is 3.79. The van der Waals surface area contributed by atoms with Gasteiger partial charge in [0.25, 0.3) is 0 Å². The highest BCUT2D eigenvalue weighted by atomic mass is 16.5. The molecule has 24 heavy (non-hydrogen) atoms. The van der Waals surface area contributed by atoms with Gasteiger partial charge in [-0.1, -0.05) is 26.7 Å². The Labute approximate surface area is 143 Å². The predicted molar refractivity (Wildman–Crippen MR) is 93.2 cm³/mol. The Morgan fingerprint density at radius 2 is 2.04 bits per heavy atom. The number of hydrogen-bond donors (Lipinski definition) is 1. The average molecular weight is 329 g/mol. The number of anilines is 1. The molecule has 2 atom stereocenters. The van der Waals surface area contributed by atoms with E-state index in [-0.39, 0.29) is 0 Å². The summed E-state index contributed by atoms with van der Waals surface area (Å²) in [5, 5.41) is 16.9. The smallest absolute Gasteiger partial charge is 0.178 e. The molecule has 2 aromatic rings. The van der Waals surface area contributed by atoms with Gasteiger partial charge in [-0.3, -0.25) is 0 Å². The van der Waals surface area contributed by atoms with E-state index in [2.05, 4.69) is 29.4 Å². The molecule has 0 aromatic carbocycles. The molecule has 2 aliphatic rings. The minimum absolute atomic E-state index is 0.368. The molecule has 6 heteroatoms. The minimum atomic E-state index is 0.368. The number of nitrogens with zero attached hydrogens (tertiary/aromatic N) is 4. The number of fused-ring (bicyclic) bond motifs is 1. The van der Waals surface area contributed by atoms with E-state index < -0.39 is 0 Å². The van der Waals surface area contributed by atoms with E-state index >= 15 is 0 Å². The van der Waals surface area contributed by atoms with Crippen molar-refractivity contribution in [3.8, 4) is 0 Å². The molecular formula is C18H27N5O.